The fourth-order valence-corrected chi connectivity index (χ4v) is 1.07. The molecule has 16 heavy (non-hydrogen) atoms. The van der Waals surface area contributed by atoms with Crippen LogP contribution in [0.3, 0.4) is 0 Å². The minimum atomic E-state index is -0.140. The van der Waals surface area contributed by atoms with Crippen molar-refractivity contribution in [2.45, 2.75) is 6.54 Å². The molecule has 2 rings (SSSR count). The first-order valence-corrected chi connectivity index (χ1v) is 4.30. The van der Waals surface area contributed by atoms with E-state index in [1.165, 1.54) is 17.2 Å². The van der Waals surface area contributed by atoms with E-state index in [9.17, 15) is 0 Å². The predicted molar refractivity (Wildman–Crippen MR) is 51.5 cm³/mol. The van der Waals surface area contributed by atoms with E-state index < -0.39 is 0 Å². The second-order valence-electron chi connectivity index (χ2n) is 2.86. The molecule has 82 valence electrons. The molecule has 9 nitrogen and oxygen atoms in total. The molecule has 0 aromatic carbocycles. The third-order valence-electron chi connectivity index (χ3n) is 1.77. The molecule has 0 atom stereocenters. The second-order valence-corrected chi connectivity index (χ2v) is 2.86. The minimum absolute atomic E-state index is 0.140. The van der Waals surface area contributed by atoms with Crippen molar-refractivity contribution in [1.29, 1.82) is 0 Å². The van der Waals surface area contributed by atoms with Crippen LogP contribution in [0.2, 0.25) is 0 Å². The zero-order valence-electron chi connectivity index (χ0n) is 8.09. The van der Waals surface area contributed by atoms with Gasteiger partial charge in [-0.1, -0.05) is 5.16 Å². The van der Waals surface area contributed by atoms with Crippen molar-refractivity contribution < 1.29 is 5.21 Å². The van der Waals surface area contributed by atoms with Gasteiger partial charge in [0.2, 0.25) is 5.84 Å². The van der Waals surface area contributed by atoms with Gasteiger partial charge in [-0.2, -0.15) is 0 Å². The first-order valence-electron chi connectivity index (χ1n) is 4.30. The van der Waals surface area contributed by atoms with Gasteiger partial charge in [0.25, 0.3) is 0 Å². The maximum absolute atomic E-state index is 8.48. The molecule has 9 heteroatoms. The number of nitrogens with zero attached hydrogens (tertiary/aromatic N) is 7. The SMILES string of the molecule is NC(=NO)c1nccc(Cn2cnnn2)n1. The van der Waals surface area contributed by atoms with E-state index >= 15 is 0 Å². The Morgan fingerprint density at radius 1 is 1.56 bits per heavy atom. The monoisotopic (exact) mass is 220 g/mol. The van der Waals surface area contributed by atoms with Crippen LogP contribution < -0.4 is 5.73 Å². The van der Waals surface area contributed by atoms with Gasteiger partial charge < -0.3 is 10.9 Å². The summed E-state index contributed by atoms with van der Waals surface area (Å²) in [5.74, 6) is 0.0200. The third-order valence-corrected chi connectivity index (χ3v) is 1.77. The number of hydrogen-bond acceptors (Lipinski definition) is 7. The quantitative estimate of drug-likeness (QED) is 0.282. The number of nitrogens with two attached hydrogens (primary N) is 1. The molecule has 0 saturated carbocycles. The highest BCUT2D eigenvalue weighted by molar-refractivity contribution is 5.93. The van der Waals surface area contributed by atoms with E-state index in [0.29, 0.717) is 12.2 Å². The summed E-state index contributed by atoms with van der Waals surface area (Å²) in [6.07, 6.45) is 2.98. The van der Waals surface area contributed by atoms with Crippen molar-refractivity contribution in [1.82, 2.24) is 30.2 Å². The average Bonchev–Trinajstić information content (AvgIpc) is 2.81. The lowest BCUT2D eigenvalue weighted by Crippen LogP contribution is -2.18. The molecule has 0 radical (unpaired) electrons. The number of amidine groups is 1. The zero-order chi connectivity index (χ0) is 11.4. The molecule has 0 unspecified atom stereocenters. The normalized spacial score (nSPS) is 11.6. The van der Waals surface area contributed by atoms with E-state index in [2.05, 4.69) is 30.6 Å². The van der Waals surface area contributed by atoms with Gasteiger partial charge in [0.1, 0.15) is 6.33 Å². The maximum Gasteiger partial charge on any atom is 0.207 e. The van der Waals surface area contributed by atoms with E-state index in [1.54, 1.807) is 6.07 Å². The van der Waals surface area contributed by atoms with Crippen LogP contribution in [0.4, 0.5) is 0 Å². The summed E-state index contributed by atoms with van der Waals surface area (Å²) in [5.41, 5.74) is 6.02. The van der Waals surface area contributed by atoms with Gasteiger partial charge in [-0.05, 0) is 16.5 Å². The maximum atomic E-state index is 8.48. The Hall–Kier alpha value is -2.58. The summed E-state index contributed by atoms with van der Waals surface area (Å²) in [7, 11) is 0. The van der Waals surface area contributed by atoms with Gasteiger partial charge in [-0.25, -0.2) is 14.6 Å². The van der Waals surface area contributed by atoms with Crippen molar-refractivity contribution in [3.8, 4) is 0 Å². The van der Waals surface area contributed by atoms with Crippen LogP contribution in [0.1, 0.15) is 11.5 Å². The first kappa shape index (κ1) is 9.96. The van der Waals surface area contributed by atoms with Gasteiger partial charge in [-0.15, -0.1) is 5.10 Å². The van der Waals surface area contributed by atoms with E-state index in [0.717, 1.165) is 0 Å². The summed E-state index contributed by atoms with van der Waals surface area (Å²) in [5, 5.41) is 22.0. The summed E-state index contributed by atoms with van der Waals surface area (Å²) >= 11 is 0. The molecule has 0 amide bonds. The standard InChI is InChI=1S/C7H8N8O/c8-6(12-16)7-9-2-1-5(11-7)3-15-4-10-13-14-15/h1-2,4,16H,3H2,(H2,8,12). The number of oxime groups is 1. The van der Waals surface area contributed by atoms with Crippen LogP contribution in [-0.2, 0) is 6.54 Å². The Morgan fingerprint density at radius 3 is 3.12 bits per heavy atom. The summed E-state index contributed by atoms with van der Waals surface area (Å²) in [6.45, 7) is 0.390. The van der Waals surface area contributed by atoms with Crippen molar-refractivity contribution in [3.63, 3.8) is 0 Å². The lowest BCUT2D eigenvalue weighted by molar-refractivity contribution is 0.318. The molecule has 0 saturated heterocycles. The Bertz CT molecular complexity index is 493. The second kappa shape index (κ2) is 4.29. The smallest absolute Gasteiger partial charge is 0.207 e. The third kappa shape index (κ3) is 2.08. The molecule has 2 aromatic heterocycles. The number of hydrogen-bond donors (Lipinski definition) is 2. The largest absolute Gasteiger partial charge is 0.409 e. The van der Waals surface area contributed by atoms with Crippen molar-refractivity contribution in [2.24, 2.45) is 10.9 Å². The molecular formula is C7H8N8O. The number of aromatic nitrogens is 6. The van der Waals surface area contributed by atoms with Gasteiger partial charge in [0.15, 0.2) is 5.82 Å². The van der Waals surface area contributed by atoms with Crippen molar-refractivity contribution >= 4 is 5.84 Å². The highest BCUT2D eigenvalue weighted by Gasteiger charge is 2.05. The summed E-state index contributed by atoms with van der Waals surface area (Å²) in [6, 6.07) is 1.69. The molecule has 0 aliphatic carbocycles. The molecule has 3 N–H and O–H groups in total. The van der Waals surface area contributed by atoms with Crippen LogP contribution >= 0.6 is 0 Å². The fourth-order valence-electron chi connectivity index (χ4n) is 1.07. The van der Waals surface area contributed by atoms with Gasteiger partial charge in [-0.3, -0.25) is 0 Å². The topological polar surface area (TPSA) is 128 Å². The lowest BCUT2D eigenvalue weighted by Gasteiger charge is -2.01. The molecular weight excluding hydrogens is 212 g/mol. The molecule has 0 spiro atoms. The highest BCUT2D eigenvalue weighted by atomic mass is 16.4. The van der Waals surface area contributed by atoms with Gasteiger partial charge >= 0.3 is 0 Å². The molecule has 0 aliphatic heterocycles. The zero-order valence-corrected chi connectivity index (χ0v) is 8.09. The minimum Gasteiger partial charge on any atom is -0.409 e. The number of tetrazole rings is 1. The van der Waals surface area contributed by atoms with Crippen LogP contribution in [-0.4, -0.2) is 41.2 Å². The molecule has 0 bridgehead atoms. The number of rotatable bonds is 3. The van der Waals surface area contributed by atoms with Crippen LogP contribution in [0, 0.1) is 0 Å². The predicted octanol–water partition coefficient (Wildman–Crippen LogP) is -1.39. The fraction of sp³-hybridized carbons (Fsp3) is 0.143. The Labute approximate surface area is 89.6 Å². The van der Waals surface area contributed by atoms with E-state index in [4.69, 9.17) is 10.9 Å². The summed E-state index contributed by atoms with van der Waals surface area (Å²) in [4.78, 5) is 7.93. The van der Waals surface area contributed by atoms with Gasteiger partial charge in [0, 0.05) is 6.20 Å². The molecule has 2 heterocycles. The van der Waals surface area contributed by atoms with Crippen LogP contribution in [0.5, 0.6) is 0 Å². The highest BCUT2D eigenvalue weighted by Crippen LogP contribution is 1.97. The lowest BCUT2D eigenvalue weighted by atomic mass is 10.4. The Morgan fingerprint density at radius 2 is 2.44 bits per heavy atom. The molecule has 0 fully saturated rings. The average molecular weight is 220 g/mol. The Kier molecular flexibility index (Phi) is 2.67. The van der Waals surface area contributed by atoms with Crippen molar-refractivity contribution in [3.05, 3.63) is 30.1 Å². The molecule has 2 aromatic rings. The van der Waals surface area contributed by atoms with Crippen LogP contribution in [0.15, 0.2) is 23.7 Å². The van der Waals surface area contributed by atoms with E-state index in [-0.39, 0.29) is 11.7 Å². The van der Waals surface area contributed by atoms with E-state index in [1.807, 2.05) is 0 Å². The Balaban J connectivity index is 2.23. The van der Waals surface area contributed by atoms with Gasteiger partial charge in [0.05, 0.1) is 12.2 Å². The molecule has 0 aliphatic rings. The summed E-state index contributed by atoms with van der Waals surface area (Å²) < 4.78 is 1.50. The van der Waals surface area contributed by atoms with Crippen LogP contribution in [0.25, 0.3) is 0 Å². The van der Waals surface area contributed by atoms with Crippen molar-refractivity contribution in [2.75, 3.05) is 0 Å². The first-order chi connectivity index (χ1) is 7.79.